The number of likely N-dealkylation sites (tertiary alicyclic amines) is 1. The molecule has 1 aliphatic heterocycles. The number of aliphatic hydroxyl groups is 1. The van der Waals surface area contributed by atoms with Crippen molar-refractivity contribution in [1.29, 1.82) is 0 Å². The molecule has 0 bridgehead atoms. The van der Waals surface area contributed by atoms with Gasteiger partial charge >= 0.3 is 0 Å². The van der Waals surface area contributed by atoms with E-state index in [1.807, 2.05) is 0 Å². The zero-order valence-electron chi connectivity index (χ0n) is 16.5. The first kappa shape index (κ1) is 22.5. The molecule has 2 N–H and O–H groups in total. The van der Waals surface area contributed by atoms with Gasteiger partial charge in [0.2, 0.25) is 10.0 Å². The summed E-state index contributed by atoms with van der Waals surface area (Å²) >= 11 is 0. The third kappa shape index (κ3) is 5.63. The number of aliphatic hydroxyl groups excluding tert-OH is 1. The molecule has 0 amide bonds. The molecule has 1 aromatic carbocycles. The number of nitrogens with one attached hydrogen (secondary N) is 1. The van der Waals surface area contributed by atoms with Gasteiger partial charge < -0.3 is 15.3 Å². The van der Waals surface area contributed by atoms with Gasteiger partial charge in [-0.05, 0) is 37.9 Å². The predicted octanol–water partition coefficient (Wildman–Crippen LogP) is 1.88. The standard InChI is InChI=1S/C18H30N4O5S/c1-3-21(4-2)28(26,27)16-6-7-17(18(14-16)22(24)25)19-10-5-11-20-12-8-15(23)9-13-20/h6-7,14-15,19,23H,3-5,8-13H2,1-2H3. The van der Waals surface area contributed by atoms with Crippen LogP contribution in [0.2, 0.25) is 0 Å². The Morgan fingerprint density at radius 1 is 1.29 bits per heavy atom. The van der Waals surface area contributed by atoms with Crippen molar-refractivity contribution < 1.29 is 18.4 Å². The van der Waals surface area contributed by atoms with Crippen LogP contribution < -0.4 is 5.32 Å². The Balaban J connectivity index is 2.02. The largest absolute Gasteiger partial charge is 0.393 e. The van der Waals surface area contributed by atoms with Crippen molar-refractivity contribution in [3.8, 4) is 0 Å². The fourth-order valence-electron chi connectivity index (χ4n) is 3.35. The summed E-state index contributed by atoms with van der Waals surface area (Å²) in [4.78, 5) is 13.1. The van der Waals surface area contributed by atoms with Gasteiger partial charge in [0.15, 0.2) is 0 Å². The highest BCUT2D eigenvalue weighted by Gasteiger charge is 2.25. The second kappa shape index (κ2) is 10.1. The van der Waals surface area contributed by atoms with Crippen LogP contribution in [-0.4, -0.2) is 73.0 Å². The number of sulfonamides is 1. The van der Waals surface area contributed by atoms with E-state index in [2.05, 4.69) is 10.2 Å². The Kier molecular flexibility index (Phi) is 8.17. The topological polar surface area (TPSA) is 116 Å². The molecule has 0 atom stereocenters. The molecule has 0 aliphatic carbocycles. The van der Waals surface area contributed by atoms with Crippen LogP contribution in [0.3, 0.4) is 0 Å². The van der Waals surface area contributed by atoms with Gasteiger partial charge in [-0.1, -0.05) is 13.8 Å². The van der Waals surface area contributed by atoms with Crippen LogP contribution in [0.15, 0.2) is 23.1 Å². The number of benzene rings is 1. The van der Waals surface area contributed by atoms with Crippen LogP contribution >= 0.6 is 0 Å². The molecule has 9 nitrogen and oxygen atoms in total. The Morgan fingerprint density at radius 2 is 1.93 bits per heavy atom. The monoisotopic (exact) mass is 414 g/mol. The first-order valence-electron chi connectivity index (χ1n) is 9.72. The van der Waals surface area contributed by atoms with E-state index in [9.17, 15) is 23.6 Å². The van der Waals surface area contributed by atoms with Gasteiger partial charge in [0.1, 0.15) is 5.69 Å². The van der Waals surface area contributed by atoms with Gasteiger partial charge in [0.05, 0.1) is 15.9 Å². The van der Waals surface area contributed by atoms with Crippen LogP contribution in [0.5, 0.6) is 0 Å². The Labute approximate surface area is 166 Å². The van der Waals surface area contributed by atoms with Crippen molar-refractivity contribution in [3.05, 3.63) is 28.3 Å². The van der Waals surface area contributed by atoms with Crippen LogP contribution in [0.4, 0.5) is 11.4 Å². The normalized spacial score (nSPS) is 16.4. The minimum Gasteiger partial charge on any atom is -0.393 e. The number of anilines is 1. The van der Waals surface area contributed by atoms with Crippen LogP contribution in [0.25, 0.3) is 0 Å². The molecule has 1 fully saturated rings. The number of nitro groups is 1. The number of nitrogens with zero attached hydrogens (tertiary/aromatic N) is 3. The molecule has 0 radical (unpaired) electrons. The molecular formula is C18H30N4O5S. The molecule has 28 heavy (non-hydrogen) atoms. The number of piperidine rings is 1. The Hall–Kier alpha value is -1.75. The van der Waals surface area contributed by atoms with E-state index < -0.39 is 14.9 Å². The molecule has 2 rings (SSSR count). The third-order valence-corrected chi connectivity index (χ3v) is 7.08. The Bertz CT molecular complexity index is 759. The molecular weight excluding hydrogens is 384 g/mol. The average molecular weight is 415 g/mol. The summed E-state index contributed by atoms with van der Waals surface area (Å²) in [7, 11) is -3.74. The molecule has 0 spiro atoms. The number of hydrogen-bond acceptors (Lipinski definition) is 7. The molecule has 158 valence electrons. The number of hydrogen-bond donors (Lipinski definition) is 2. The van der Waals surface area contributed by atoms with E-state index in [4.69, 9.17) is 0 Å². The lowest BCUT2D eigenvalue weighted by molar-refractivity contribution is -0.384. The van der Waals surface area contributed by atoms with Crippen molar-refractivity contribution in [3.63, 3.8) is 0 Å². The van der Waals surface area contributed by atoms with Crippen molar-refractivity contribution in [2.24, 2.45) is 0 Å². The van der Waals surface area contributed by atoms with E-state index >= 15 is 0 Å². The zero-order chi connectivity index (χ0) is 20.7. The molecule has 0 saturated carbocycles. The van der Waals surface area contributed by atoms with Gasteiger partial charge in [-0.15, -0.1) is 0 Å². The highest BCUT2D eigenvalue weighted by atomic mass is 32.2. The lowest BCUT2D eigenvalue weighted by atomic mass is 10.1. The summed E-state index contributed by atoms with van der Waals surface area (Å²) in [5.74, 6) is 0. The average Bonchev–Trinajstić information content (AvgIpc) is 2.67. The first-order valence-corrected chi connectivity index (χ1v) is 11.2. The van der Waals surface area contributed by atoms with E-state index in [-0.39, 0.29) is 16.7 Å². The summed E-state index contributed by atoms with van der Waals surface area (Å²) in [5.41, 5.74) is 0.0758. The summed E-state index contributed by atoms with van der Waals surface area (Å²) in [6.07, 6.45) is 2.15. The van der Waals surface area contributed by atoms with Crippen molar-refractivity contribution >= 4 is 21.4 Å². The summed E-state index contributed by atoms with van der Waals surface area (Å²) in [6, 6.07) is 4.00. The highest BCUT2D eigenvalue weighted by molar-refractivity contribution is 7.89. The quantitative estimate of drug-likeness (QED) is 0.341. The second-order valence-electron chi connectivity index (χ2n) is 6.88. The summed E-state index contributed by atoms with van der Waals surface area (Å²) in [6.45, 7) is 7.19. The molecule has 0 aromatic heterocycles. The summed E-state index contributed by atoms with van der Waals surface area (Å²) < 4.78 is 26.5. The zero-order valence-corrected chi connectivity index (χ0v) is 17.3. The van der Waals surface area contributed by atoms with Crippen LogP contribution in [-0.2, 0) is 10.0 Å². The van der Waals surface area contributed by atoms with Crippen LogP contribution in [0.1, 0.15) is 33.1 Å². The number of nitro benzene ring substituents is 1. The third-order valence-electron chi connectivity index (χ3n) is 5.03. The van der Waals surface area contributed by atoms with Crippen molar-refractivity contribution in [2.75, 3.05) is 44.6 Å². The maximum atomic E-state index is 12.6. The molecule has 1 aliphatic rings. The van der Waals surface area contributed by atoms with Gasteiger partial charge in [0, 0.05) is 38.8 Å². The maximum Gasteiger partial charge on any atom is 0.293 e. The molecule has 0 unspecified atom stereocenters. The molecule has 1 saturated heterocycles. The minimum atomic E-state index is -3.74. The van der Waals surface area contributed by atoms with Crippen LogP contribution in [0, 0.1) is 10.1 Å². The van der Waals surface area contributed by atoms with Gasteiger partial charge in [-0.25, -0.2) is 8.42 Å². The van der Waals surface area contributed by atoms with Gasteiger partial charge in [0.25, 0.3) is 5.69 Å². The van der Waals surface area contributed by atoms with E-state index in [0.717, 1.165) is 45.0 Å². The number of rotatable bonds is 10. The van der Waals surface area contributed by atoms with Crippen molar-refractivity contribution in [1.82, 2.24) is 9.21 Å². The smallest absolute Gasteiger partial charge is 0.293 e. The SMILES string of the molecule is CCN(CC)S(=O)(=O)c1ccc(NCCCN2CCC(O)CC2)c([N+](=O)[O-])c1. The molecule has 1 heterocycles. The minimum absolute atomic E-state index is 0.0691. The molecule has 10 heteroatoms. The summed E-state index contributed by atoms with van der Waals surface area (Å²) in [5, 5.41) is 24.0. The Morgan fingerprint density at radius 3 is 2.50 bits per heavy atom. The van der Waals surface area contributed by atoms with Gasteiger partial charge in [-0.2, -0.15) is 4.31 Å². The van der Waals surface area contributed by atoms with E-state index in [1.54, 1.807) is 13.8 Å². The first-order chi connectivity index (χ1) is 13.3. The van der Waals surface area contributed by atoms with E-state index in [0.29, 0.717) is 25.3 Å². The fourth-order valence-corrected chi connectivity index (χ4v) is 4.83. The lowest BCUT2D eigenvalue weighted by Crippen LogP contribution is -2.36. The predicted molar refractivity (Wildman–Crippen MR) is 108 cm³/mol. The molecule has 1 aromatic rings. The van der Waals surface area contributed by atoms with Crippen molar-refractivity contribution in [2.45, 2.75) is 44.1 Å². The van der Waals surface area contributed by atoms with E-state index in [1.165, 1.54) is 16.4 Å². The lowest BCUT2D eigenvalue weighted by Gasteiger charge is -2.29. The van der Waals surface area contributed by atoms with Gasteiger partial charge in [-0.3, -0.25) is 10.1 Å². The second-order valence-corrected chi connectivity index (χ2v) is 8.82. The fraction of sp³-hybridized carbons (Fsp3) is 0.667. The highest BCUT2D eigenvalue weighted by Crippen LogP contribution is 2.29. The maximum absolute atomic E-state index is 12.6.